The van der Waals surface area contributed by atoms with Gasteiger partial charge in [-0.1, -0.05) is 177 Å². The summed E-state index contributed by atoms with van der Waals surface area (Å²) in [5, 5.41) is 22.9. The summed E-state index contributed by atoms with van der Waals surface area (Å²) in [6, 6.07) is -0.646. The highest BCUT2D eigenvalue weighted by atomic mass is 16.3. The monoisotopic (exact) mass is 668 g/mol. The molecule has 0 aliphatic carbocycles. The summed E-state index contributed by atoms with van der Waals surface area (Å²) in [5.74, 6) is -0.0863. The topological polar surface area (TPSA) is 69.6 Å². The molecular weight excluding hydrogens is 590 g/mol. The average molecular weight is 668 g/mol. The summed E-state index contributed by atoms with van der Waals surface area (Å²) < 4.78 is 0. The zero-order chi connectivity index (χ0) is 35.0. The minimum absolute atomic E-state index is 0.0863. The number of hydrogen-bond acceptors (Lipinski definition) is 3. The molecule has 276 valence electrons. The van der Waals surface area contributed by atoms with Crippen LogP contribution in [0.3, 0.4) is 0 Å². The average Bonchev–Trinajstić information content (AvgIpc) is 3.09. The molecule has 4 heteroatoms. The van der Waals surface area contributed by atoms with Crippen LogP contribution in [0.5, 0.6) is 0 Å². The first-order chi connectivity index (χ1) is 23.7. The van der Waals surface area contributed by atoms with Crippen LogP contribution in [0.15, 0.2) is 72.9 Å². The van der Waals surface area contributed by atoms with Crippen LogP contribution in [0.25, 0.3) is 0 Å². The summed E-state index contributed by atoms with van der Waals surface area (Å²) in [6.07, 6.45) is 55.6. The molecule has 0 aliphatic heterocycles. The minimum Gasteiger partial charge on any atom is -0.394 e. The van der Waals surface area contributed by atoms with Crippen LogP contribution >= 0.6 is 0 Å². The molecule has 0 saturated carbocycles. The summed E-state index contributed by atoms with van der Waals surface area (Å²) in [7, 11) is 0. The Balaban J connectivity index is 3.68. The zero-order valence-corrected chi connectivity index (χ0v) is 31.5. The lowest BCUT2D eigenvalue weighted by molar-refractivity contribution is -0.123. The summed E-state index contributed by atoms with van der Waals surface area (Å²) >= 11 is 0. The van der Waals surface area contributed by atoms with Crippen LogP contribution in [0.1, 0.15) is 181 Å². The molecular formula is C44H77NO3. The number of carbonyl (C=O) groups excluding carboxylic acids is 1. The van der Waals surface area contributed by atoms with Crippen molar-refractivity contribution in [2.24, 2.45) is 0 Å². The number of allylic oxidation sites excluding steroid dienone is 11. The van der Waals surface area contributed by atoms with Gasteiger partial charge < -0.3 is 15.5 Å². The predicted octanol–water partition coefficient (Wildman–Crippen LogP) is 12.3. The maximum absolute atomic E-state index is 12.4. The van der Waals surface area contributed by atoms with Crippen LogP contribution in [0, 0.1) is 0 Å². The fraction of sp³-hybridized carbons (Fsp3) is 0.705. The SMILES string of the molecule is CC/C=C\C/C=C\C/C=C\C/C=C\CCCCCCCCCCC(=O)NC(CO)C(O)/C=C/CC/C=C/CCCCCCCCCCC. The molecule has 48 heavy (non-hydrogen) atoms. The van der Waals surface area contributed by atoms with Gasteiger partial charge in [0.25, 0.3) is 0 Å². The van der Waals surface area contributed by atoms with E-state index in [4.69, 9.17) is 0 Å². The second-order valence-electron chi connectivity index (χ2n) is 13.3. The Bertz CT molecular complexity index is 853. The maximum Gasteiger partial charge on any atom is 0.220 e. The highest BCUT2D eigenvalue weighted by molar-refractivity contribution is 5.76. The molecule has 0 fully saturated rings. The quantitative estimate of drug-likeness (QED) is 0.0465. The fourth-order valence-electron chi connectivity index (χ4n) is 5.59. The summed E-state index contributed by atoms with van der Waals surface area (Å²) in [4.78, 5) is 12.4. The third-order valence-electron chi connectivity index (χ3n) is 8.67. The van der Waals surface area contributed by atoms with Crippen LogP contribution in [0.4, 0.5) is 0 Å². The van der Waals surface area contributed by atoms with Crippen molar-refractivity contribution in [2.45, 2.75) is 193 Å². The van der Waals surface area contributed by atoms with Gasteiger partial charge in [0.15, 0.2) is 0 Å². The van der Waals surface area contributed by atoms with Crippen LogP contribution in [-0.2, 0) is 4.79 Å². The molecule has 0 bridgehead atoms. The van der Waals surface area contributed by atoms with E-state index in [-0.39, 0.29) is 12.5 Å². The second-order valence-corrected chi connectivity index (χ2v) is 13.3. The van der Waals surface area contributed by atoms with Gasteiger partial charge >= 0.3 is 0 Å². The third kappa shape index (κ3) is 35.1. The molecule has 4 nitrogen and oxygen atoms in total. The van der Waals surface area contributed by atoms with Crippen molar-refractivity contribution in [3.63, 3.8) is 0 Å². The van der Waals surface area contributed by atoms with Gasteiger partial charge in [0.1, 0.15) is 0 Å². The largest absolute Gasteiger partial charge is 0.394 e. The van der Waals surface area contributed by atoms with E-state index < -0.39 is 12.1 Å². The van der Waals surface area contributed by atoms with Crippen molar-refractivity contribution in [3.05, 3.63) is 72.9 Å². The molecule has 0 spiro atoms. The second kappa shape index (κ2) is 39.3. The van der Waals surface area contributed by atoms with Gasteiger partial charge in [0.05, 0.1) is 18.8 Å². The van der Waals surface area contributed by atoms with E-state index >= 15 is 0 Å². The van der Waals surface area contributed by atoms with Crippen molar-refractivity contribution in [2.75, 3.05) is 6.61 Å². The van der Waals surface area contributed by atoms with E-state index in [9.17, 15) is 15.0 Å². The standard InChI is InChI=1S/C44H77NO3/c1-3-5-7-9-11-13-15-17-19-20-21-22-23-24-26-28-30-32-34-36-38-40-44(48)45-42(41-46)43(47)39-37-35-33-31-29-27-25-18-16-14-12-10-8-6-4-2/h5,7,11,13,17,19,21-22,29,31,37,39,42-43,46-47H,3-4,6,8-10,12,14-16,18,20,23-28,30,32-36,38,40-41H2,1-2H3,(H,45,48)/b7-5-,13-11-,19-17-,22-21-,31-29+,39-37+. The van der Waals surface area contributed by atoms with Crippen LogP contribution in [-0.4, -0.2) is 34.9 Å². The molecule has 0 rings (SSSR count). The highest BCUT2D eigenvalue weighted by Crippen LogP contribution is 2.12. The molecule has 0 radical (unpaired) electrons. The number of aliphatic hydroxyl groups is 2. The van der Waals surface area contributed by atoms with Crippen molar-refractivity contribution in [3.8, 4) is 0 Å². The Hall–Kier alpha value is -2.17. The lowest BCUT2D eigenvalue weighted by Crippen LogP contribution is -2.45. The predicted molar refractivity (Wildman–Crippen MR) is 211 cm³/mol. The van der Waals surface area contributed by atoms with Gasteiger partial charge in [-0.2, -0.15) is 0 Å². The lowest BCUT2D eigenvalue weighted by Gasteiger charge is -2.19. The van der Waals surface area contributed by atoms with E-state index in [1.165, 1.54) is 96.3 Å². The van der Waals surface area contributed by atoms with Crippen molar-refractivity contribution < 1.29 is 15.0 Å². The molecule has 0 saturated heterocycles. The van der Waals surface area contributed by atoms with E-state index in [1.807, 2.05) is 6.08 Å². The van der Waals surface area contributed by atoms with E-state index in [0.29, 0.717) is 6.42 Å². The molecule has 2 atom stereocenters. The van der Waals surface area contributed by atoms with Crippen molar-refractivity contribution in [1.82, 2.24) is 5.32 Å². The number of rotatable bonds is 35. The minimum atomic E-state index is -0.868. The van der Waals surface area contributed by atoms with Gasteiger partial charge in [-0.3, -0.25) is 4.79 Å². The zero-order valence-electron chi connectivity index (χ0n) is 31.5. The number of amides is 1. The Morgan fingerprint density at radius 1 is 0.521 bits per heavy atom. The van der Waals surface area contributed by atoms with Gasteiger partial charge in [-0.15, -0.1) is 0 Å². The first-order valence-electron chi connectivity index (χ1n) is 20.2. The molecule has 0 heterocycles. The number of carbonyl (C=O) groups is 1. The molecule has 1 amide bonds. The number of unbranched alkanes of at least 4 members (excludes halogenated alkanes) is 18. The Morgan fingerprint density at radius 3 is 1.46 bits per heavy atom. The Morgan fingerprint density at radius 2 is 0.938 bits per heavy atom. The van der Waals surface area contributed by atoms with Crippen LogP contribution < -0.4 is 5.32 Å². The fourth-order valence-corrected chi connectivity index (χ4v) is 5.59. The molecule has 0 aromatic carbocycles. The molecule has 2 unspecified atom stereocenters. The molecule has 0 aromatic heterocycles. The molecule has 0 aliphatic rings. The van der Waals surface area contributed by atoms with E-state index in [2.05, 4.69) is 79.9 Å². The Kier molecular flexibility index (Phi) is 37.5. The van der Waals surface area contributed by atoms with E-state index in [0.717, 1.165) is 64.2 Å². The first kappa shape index (κ1) is 45.8. The van der Waals surface area contributed by atoms with Gasteiger partial charge in [-0.25, -0.2) is 0 Å². The van der Waals surface area contributed by atoms with Gasteiger partial charge in [0, 0.05) is 6.42 Å². The molecule has 0 aromatic rings. The number of nitrogens with one attached hydrogen (secondary N) is 1. The van der Waals surface area contributed by atoms with Gasteiger partial charge in [-0.05, 0) is 70.6 Å². The van der Waals surface area contributed by atoms with E-state index in [1.54, 1.807) is 6.08 Å². The highest BCUT2D eigenvalue weighted by Gasteiger charge is 2.17. The summed E-state index contributed by atoms with van der Waals surface area (Å²) in [5.41, 5.74) is 0. The normalized spacial score (nSPS) is 13.8. The third-order valence-corrected chi connectivity index (χ3v) is 8.67. The van der Waals surface area contributed by atoms with Crippen LogP contribution in [0.2, 0.25) is 0 Å². The summed E-state index contributed by atoms with van der Waals surface area (Å²) in [6.45, 7) is 4.16. The van der Waals surface area contributed by atoms with Crippen molar-refractivity contribution in [1.29, 1.82) is 0 Å². The lowest BCUT2D eigenvalue weighted by atomic mass is 10.1. The molecule has 3 N–H and O–H groups in total. The smallest absolute Gasteiger partial charge is 0.220 e. The maximum atomic E-state index is 12.4. The number of hydrogen-bond donors (Lipinski definition) is 3. The Labute approximate surface area is 298 Å². The van der Waals surface area contributed by atoms with Crippen molar-refractivity contribution >= 4 is 5.91 Å². The van der Waals surface area contributed by atoms with Gasteiger partial charge in [0.2, 0.25) is 5.91 Å². The first-order valence-corrected chi connectivity index (χ1v) is 20.2. The number of aliphatic hydroxyl groups excluding tert-OH is 2.